The first-order chi connectivity index (χ1) is 11.8. The molecule has 4 rings (SSSR count). The van der Waals surface area contributed by atoms with Gasteiger partial charge in [-0.05, 0) is 38.3 Å². The Morgan fingerprint density at radius 3 is 2.71 bits per heavy atom. The van der Waals surface area contributed by atoms with E-state index in [1.165, 1.54) is 37.7 Å². The largest absolute Gasteiger partial charge is 0.496 e. The molecule has 0 bridgehead atoms. The van der Waals surface area contributed by atoms with Crippen LogP contribution in [0.15, 0.2) is 28.7 Å². The van der Waals surface area contributed by atoms with Gasteiger partial charge in [0.15, 0.2) is 0 Å². The molecule has 1 atom stereocenters. The Labute approximate surface area is 143 Å². The molecule has 5 nitrogen and oxygen atoms in total. The van der Waals surface area contributed by atoms with Crippen molar-refractivity contribution < 1.29 is 9.15 Å². The van der Waals surface area contributed by atoms with Crippen molar-refractivity contribution in [1.82, 2.24) is 15.1 Å². The minimum atomic E-state index is 0.227. The average Bonchev–Trinajstić information content (AvgIpc) is 3.03. The van der Waals surface area contributed by atoms with Gasteiger partial charge < -0.3 is 9.15 Å². The van der Waals surface area contributed by atoms with Gasteiger partial charge in [-0.1, -0.05) is 31.0 Å². The maximum atomic E-state index is 6.06. The molecule has 5 heteroatoms. The number of aromatic nitrogens is 2. The summed E-state index contributed by atoms with van der Waals surface area (Å²) in [6, 6.07) is 8.47. The maximum Gasteiger partial charge on any atom is 0.233 e. The number of methoxy groups -OCH3 is 1. The van der Waals surface area contributed by atoms with E-state index in [0.717, 1.165) is 37.0 Å². The first-order valence-corrected chi connectivity index (χ1v) is 9.04. The highest BCUT2D eigenvalue weighted by Gasteiger charge is 2.31. The van der Waals surface area contributed by atoms with Crippen LogP contribution in [0.5, 0.6) is 5.75 Å². The average molecular weight is 327 g/mol. The molecule has 1 saturated carbocycles. The van der Waals surface area contributed by atoms with E-state index >= 15 is 0 Å². The van der Waals surface area contributed by atoms with Crippen LogP contribution in [0.3, 0.4) is 0 Å². The summed E-state index contributed by atoms with van der Waals surface area (Å²) in [6.45, 7) is 1.92. The highest BCUT2D eigenvalue weighted by atomic mass is 16.5. The van der Waals surface area contributed by atoms with E-state index in [9.17, 15) is 0 Å². The number of hydrogen-bond donors (Lipinski definition) is 0. The molecule has 0 spiro atoms. The zero-order valence-electron chi connectivity index (χ0n) is 14.3. The van der Waals surface area contributed by atoms with Crippen LogP contribution in [0.2, 0.25) is 0 Å². The predicted octanol–water partition coefficient (Wildman–Crippen LogP) is 4.07. The summed E-state index contributed by atoms with van der Waals surface area (Å²) in [5.41, 5.74) is 1.21. The maximum absolute atomic E-state index is 6.06. The van der Waals surface area contributed by atoms with E-state index in [1.54, 1.807) is 7.11 Å². The molecule has 2 fully saturated rings. The van der Waals surface area contributed by atoms with E-state index in [-0.39, 0.29) is 6.04 Å². The molecule has 0 N–H and O–H groups in total. The molecule has 128 valence electrons. The second-order valence-corrected chi connectivity index (χ2v) is 6.90. The van der Waals surface area contributed by atoms with E-state index < -0.39 is 0 Å². The van der Waals surface area contributed by atoms with E-state index in [2.05, 4.69) is 27.2 Å². The van der Waals surface area contributed by atoms with Crippen LogP contribution in [0.1, 0.15) is 67.8 Å². The first-order valence-electron chi connectivity index (χ1n) is 9.04. The lowest BCUT2D eigenvalue weighted by molar-refractivity contribution is 0.114. The number of benzene rings is 1. The molecule has 1 aliphatic heterocycles. The van der Waals surface area contributed by atoms with Crippen molar-refractivity contribution in [3.8, 4) is 5.75 Å². The van der Waals surface area contributed by atoms with Crippen LogP contribution in [-0.4, -0.2) is 28.8 Å². The van der Waals surface area contributed by atoms with E-state index in [0.29, 0.717) is 5.92 Å². The minimum Gasteiger partial charge on any atom is -0.496 e. The highest BCUT2D eigenvalue weighted by molar-refractivity contribution is 5.33. The summed E-state index contributed by atoms with van der Waals surface area (Å²) in [5.74, 6) is 3.09. The quantitative estimate of drug-likeness (QED) is 0.828. The first kappa shape index (κ1) is 15.6. The second kappa shape index (κ2) is 6.93. The van der Waals surface area contributed by atoms with Crippen molar-refractivity contribution in [3.05, 3.63) is 41.6 Å². The third-order valence-electron chi connectivity index (χ3n) is 5.38. The van der Waals surface area contributed by atoms with Crippen molar-refractivity contribution in [3.63, 3.8) is 0 Å². The summed E-state index contributed by atoms with van der Waals surface area (Å²) >= 11 is 0. The van der Waals surface area contributed by atoms with E-state index in [1.807, 2.05) is 12.1 Å². The molecule has 2 aliphatic rings. The molecule has 1 aliphatic carbocycles. The lowest BCUT2D eigenvalue weighted by Gasteiger charge is -2.33. The summed E-state index contributed by atoms with van der Waals surface area (Å²) in [7, 11) is 1.73. The molecular weight excluding hydrogens is 302 g/mol. The van der Waals surface area contributed by atoms with Crippen molar-refractivity contribution in [2.24, 2.45) is 0 Å². The van der Waals surface area contributed by atoms with E-state index in [4.69, 9.17) is 9.15 Å². The van der Waals surface area contributed by atoms with Gasteiger partial charge in [0.25, 0.3) is 0 Å². The number of rotatable bonds is 5. The monoisotopic (exact) mass is 327 g/mol. The Kier molecular flexibility index (Phi) is 4.52. The molecule has 2 aromatic rings. The zero-order valence-corrected chi connectivity index (χ0v) is 14.3. The smallest absolute Gasteiger partial charge is 0.233 e. The van der Waals surface area contributed by atoms with Crippen LogP contribution in [0.4, 0.5) is 0 Å². The molecular formula is C19H25N3O2. The lowest BCUT2D eigenvalue weighted by Crippen LogP contribution is -2.33. The van der Waals surface area contributed by atoms with Gasteiger partial charge in [0.1, 0.15) is 5.75 Å². The van der Waals surface area contributed by atoms with Gasteiger partial charge in [-0.25, -0.2) is 0 Å². The molecule has 1 saturated heterocycles. The highest BCUT2D eigenvalue weighted by Crippen LogP contribution is 2.38. The van der Waals surface area contributed by atoms with Gasteiger partial charge in [-0.3, -0.25) is 4.90 Å². The third-order valence-corrected chi connectivity index (χ3v) is 5.38. The SMILES string of the molecule is COc1ccccc1CN1CCCCC1c1nnc(C2CCC2)o1. The van der Waals surface area contributed by atoms with Gasteiger partial charge in [0.2, 0.25) is 11.8 Å². The number of para-hydroxylation sites is 1. The topological polar surface area (TPSA) is 51.4 Å². The molecule has 24 heavy (non-hydrogen) atoms. The Morgan fingerprint density at radius 1 is 1.08 bits per heavy atom. The Hall–Kier alpha value is -1.88. The van der Waals surface area contributed by atoms with Crippen molar-refractivity contribution >= 4 is 0 Å². The molecule has 1 unspecified atom stereocenters. The number of ether oxygens (including phenoxy) is 1. The number of nitrogens with zero attached hydrogens (tertiary/aromatic N) is 3. The molecule has 2 heterocycles. The summed E-state index contributed by atoms with van der Waals surface area (Å²) < 4.78 is 11.6. The summed E-state index contributed by atoms with van der Waals surface area (Å²) in [4.78, 5) is 2.46. The molecule has 1 aromatic heterocycles. The fourth-order valence-electron chi connectivity index (χ4n) is 3.71. The fourth-order valence-corrected chi connectivity index (χ4v) is 3.71. The Morgan fingerprint density at radius 2 is 1.92 bits per heavy atom. The molecule has 0 amide bonds. The molecule has 0 radical (unpaired) electrons. The Balaban J connectivity index is 1.53. The normalized spacial score (nSPS) is 22.3. The fraction of sp³-hybridized carbons (Fsp3) is 0.579. The molecule has 1 aromatic carbocycles. The van der Waals surface area contributed by atoms with Crippen LogP contribution < -0.4 is 4.74 Å². The zero-order chi connectivity index (χ0) is 16.4. The van der Waals surface area contributed by atoms with Crippen LogP contribution in [-0.2, 0) is 6.54 Å². The summed E-state index contributed by atoms with van der Waals surface area (Å²) in [5, 5.41) is 8.71. The number of likely N-dealkylation sites (tertiary alicyclic amines) is 1. The lowest BCUT2D eigenvalue weighted by atomic mass is 9.85. The number of hydrogen-bond acceptors (Lipinski definition) is 5. The standard InChI is InChI=1S/C19H25N3O2/c1-23-17-11-3-2-7-15(17)13-22-12-5-4-10-16(22)19-21-20-18(24-19)14-8-6-9-14/h2-3,7,11,14,16H,4-6,8-10,12-13H2,1H3. The minimum absolute atomic E-state index is 0.227. The van der Waals surface area contributed by atoms with Crippen LogP contribution in [0.25, 0.3) is 0 Å². The van der Waals surface area contributed by atoms with Crippen molar-refractivity contribution in [2.75, 3.05) is 13.7 Å². The van der Waals surface area contributed by atoms with Crippen LogP contribution in [0, 0.1) is 0 Å². The van der Waals surface area contributed by atoms with Gasteiger partial charge in [-0.2, -0.15) is 0 Å². The van der Waals surface area contributed by atoms with Gasteiger partial charge in [0.05, 0.1) is 13.2 Å². The summed E-state index contributed by atoms with van der Waals surface area (Å²) in [6.07, 6.45) is 7.19. The van der Waals surface area contributed by atoms with Crippen molar-refractivity contribution in [1.29, 1.82) is 0 Å². The van der Waals surface area contributed by atoms with Crippen LogP contribution >= 0.6 is 0 Å². The van der Waals surface area contributed by atoms with Crippen molar-refractivity contribution in [2.45, 2.75) is 57.0 Å². The van der Waals surface area contributed by atoms with Gasteiger partial charge in [-0.15, -0.1) is 10.2 Å². The second-order valence-electron chi connectivity index (χ2n) is 6.90. The van der Waals surface area contributed by atoms with Gasteiger partial charge in [0, 0.05) is 18.0 Å². The Bertz CT molecular complexity index is 681. The predicted molar refractivity (Wildman–Crippen MR) is 90.9 cm³/mol. The third kappa shape index (κ3) is 3.05. The van der Waals surface area contributed by atoms with Gasteiger partial charge >= 0.3 is 0 Å². The number of piperidine rings is 1.